The van der Waals surface area contributed by atoms with Crippen LogP contribution in [0.3, 0.4) is 0 Å². The summed E-state index contributed by atoms with van der Waals surface area (Å²) in [5.74, 6) is 0.450. The number of nitrogens with zero attached hydrogens (tertiary/aromatic N) is 1. The van der Waals surface area contributed by atoms with Crippen LogP contribution in [0, 0.1) is 0 Å². The van der Waals surface area contributed by atoms with E-state index in [9.17, 15) is 9.59 Å². The van der Waals surface area contributed by atoms with E-state index in [1.807, 2.05) is 67.6 Å². The van der Waals surface area contributed by atoms with Crippen LogP contribution in [0.15, 0.2) is 78.9 Å². The van der Waals surface area contributed by atoms with Crippen LogP contribution >= 0.6 is 35.0 Å². The highest BCUT2D eigenvalue weighted by Crippen LogP contribution is 2.28. The molecule has 0 aliphatic rings. The predicted molar refractivity (Wildman–Crippen MR) is 142 cm³/mol. The Hall–Kier alpha value is -2.47. The van der Waals surface area contributed by atoms with Gasteiger partial charge in [0.05, 0.1) is 5.75 Å². The van der Waals surface area contributed by atoms with Crippen LogP contribution in [-0.2, 0) is 28.3 Å². The van der Waals surface area contributed by atoms with E-state index in [4.69, 9.17) is 23.2 Å². The van der Waals surface area contributed by atoms with E-state index < -0.39 is 6.04 Å². The lowest BCUT2D eigenvalue weighted by Crippen LogP contribution is -2.51. The fourth-order valence-corrected chi connectivity index (χ4v) is 5.27. The summed E-state index contributed by atoms with van der Waals surface area (Å²) in [5.41, 5.74) is 2.78. The van der Waals surface area contributed by atoms with Crippen molar-refractivity contribution in [3.05, 3.63) is 106 Å². The van der Waals surface area contributed by atoms with E-state index in [-0.39, 0.29) is 17.6 Å². The summed E-state index contributed by atoms with van der Waals surface area (Å²) in [4.78, 5) is 28.3. The van der Waals surface area contributed by atoms with Crippen LogP contribution < -0.4 is 5.32 Å². The highest BCUT2D eigenvalue weighted by atomic mass is 35.5. The average Bonchev–Trinajstić information content (AvgIpc) is 2.84. The Kier molecular flexibility index (Phi) is 10.3. The minimum Gasteiger partial charge on any atom is -0.355 e. The normalized spacial score (nSPS) is 11.6. The van der Waals surface area contributed by atoms with E-state index in [2.05, 4.69) is 5.32 Å². The number of carbonyl (C=O) groups excluding carboxylic acids is 2. The molecule has 7 heteroatoms. The summed E-state index contributed by atoms with van der Waals surface area (Å²) in [6.45, 7) is 2.73. The van der Waals surface area contributed by atoms with Gasteiger partial charge in [-0.25, -0.2) is 0 Å². The number of thioether (sulfide) groups is 1. The maximum atomic E-state index is 13.5. The van der Waals surface area contributed by atoms with Gasteiger partial charge >= 0.3 is 0 Å². The molecule has 0 aromatic heterocycles. The van der Waals surface area contributed by atoms with Gasteiger partial charge in [-0.15, -0.1) is 11.8 Å². The molecule has 0 aliphatic carbocycles. The molecule has 34 heavy (non-hydrogen) atoms. The Balaban J connectivity index is 1.82. The predicted octanol–water partition coefficient (Wildman–Crippen LogP) is 6.00. The fourth-order valence-electron chi connectivity index (χ4n) is 3.62. The van der Waals surface area contributed by atoms with Gasteiger partial charge in [0.1, 0.15) is 6.04 Å². The molecule has 3 rings (SSSR count). The van der Waals surface area contributed by atoms with E-state index in [0.717, 1.165) is 16.7 Å². The Morgan fingerprint density at radius 2 is 1.47 bits per heavy atom. The lowest BCUT2D eigenvalue weighted by atomic mass is 10.0. The Morgan fingerprint density at radius 1 is 0.882 bits per heavy atom. The van der Waals surface area contributed by atoms with Gasteiger partial charge in [-0.1, -0.05) is 89.9 Å². The third kappa shape index (κ3) is 7.52. The Labute approximate surface area is 215 Å². The molecule has 0 heterocycles. The SMILES string of the molecule is CCNC(=O)[C@H](Cc1ccccc1)N(Cc1ccccc1)C(=O)CSCc1c(Cl)cccc1Cl. The Bertz CT molecular complexity index is 1060. The quantitative estimate of drug-likeness (QED) is 0.341. The van der Waals surface area contributed by atoms with Gasteiger partial charge in [0.25, 0.3) is 0 Å². The van der Waals surface area contributed by atoms with Crippen LogP contribution in [0.25, 0.3) is 0 Å². The van der Waals surface area contributed by atoms with Gasteiger partial charge in [-0.05, 0) is 35.7 Å². The average molecular weight is 516 g/mol. The fraction of sp³-hybridized carbons (Fsp3) is 0.259. The summed E-state index contributed by atoms with van der Waals surface area (Å²) in [6.07, 6.45) is 0.437. The van der Waals surface area contributed by atoms with Gasteiger partial charge in [0, 0.05) is 35.3 Å². The molecule has 0 spiro atoms. The maximum absolute atomic E-state index is 13.5. The van der Waals surface area contributed by atoms with Gasteiger partial charge < -0.3 is 10.2 Å². The molecule has 1 atom stereocenters. The second-order valence-electron chi connectivity index (χ2n) is 7.80. The van der Waals surface area contributed by atoms with E-state index in [1.165, 1.54) is 11.8 Å². The van der Waals surface area contributed by atoms with Crippen LogP contribution in [0.1, 0.15) is 23.6 Å². The van der Waals surface area contributed by atoms with Crippen molar-refractivity contribution in [2.24, 2.45) is 0 Å². The zero-order valence-electron chi connectivity index (χ0n) is 19.0. The van der Waals surface area contributed by atoms with Crippen LogP contribution in [0.4, 0.5) is 0 Å². The van der Waals surface area contributed by atoms with Crippen molar-refractivity contribution in [1.82, 2.24) is 10.2 Å². The number of benzene rings is 3. The molecule has 0 unspecified atom stereocenters. The van der Waals surface area contributed by atoms with Gasteiger partial charge in [-0.3, -0.25) is 9.59 Å². The van der Waals surface area contributed by atoms with Crippen molar-refractivity contribution in [3.8, 4) is 0 Å². The van der Waals surface area contributed by atoms with E-state index in [0.29, 0.717) is 35.3 Å². The van der Waals surface area contributed by atoms with Crippen LogP contribution in [0.5, 0.6) is 0 Å². The molecule has 4 nitrogen and oxygen atoms in total. The molecule has 3 aromatic rings. The van der Waals surface area contributed by atoms with Gasteiger partial charge in [-0.2, -0.15) is 0 Å². The topological polar surface area (TPSA) is 49.4 Å². The molecule has 3 aromatic carbocycles. The second-order valence-corrected chi connectivity index (χ2v) is 9.60. The van der Waals surface area contributed by atoms with Gasteiger partial charge in [0.15, 0.2) is 0 Å². The number of amides is 2. The summed E-state index contributed by atoms with van der Waals surface area (Å²) in [5, 5.41) is 4.07. The number of likely N-dealkylation sites (N-methyl/N-ethyl adjacent to an activating group) is 1. The molecule has 1 N–H and O–H groups in total. The van der Waals surface area contributed by atoms with Crippen molar-refractivity contribution in [3.63, 3.8) is 0 Å². The molecule has 0 saturated heterocycles. The number of rotatable bonds is 11. The number of hydrogen-bond acceptors (Lipinski definition) is 3. The Morgan fingerprint density at radius 3 is 2.06 bits per heavy atom. The highest BCUT2D eigenvalue weighted by molar-refractivity contribution is 7.99. The molecule has 0 radical (unpaired) electrons. The number of nitrogens with one attached hydrogen (secondary N) is 1. The summed E-state index contributed by atoms with van der Waals surface area (Å²) < 4.78 is 0. The van der Waals surface area contributed by atoms with Gasteiger partial charge in [0.2, 0.25) is 11.8 Å². The third-order valence-corrected chi connectivity index (χ3v) is 7.00. The molecule has 0 bridgehead atoms. The zero-order valence-corrected chi connectivity index (χ0v) is 21.4. The van der Waals surface area contributed by atoms with Crippen LogP contribution in [-0.4, -0.2) is 35.1 Å². The maximum Gasteiger partial charge on any atom is 0.243 e. The monoisotopic (exact) mass is 514 g/mol. The minimum absolute atomic E-state index is 0.107. The smallest absolute Gasteiger partial charge is 0.243 e. The van der Waals surface area contributed by atoms with Crippen molar-refractivity contribution in [2.75, 3.05) is 12.3 Å². The standard InChI is InChI=1S/C27H28Cl2N2O2S/c1-2-30-27(33)25(16-20-10-5-3-6-11-20)31(17-21-12-7-4-8-13-21)26(32)19-34-18-22-23(28)14-9-15-24(22)29/h3-15,25H,2,16-19H2,1H3,(H,30,33)/t25-/m0/s1. The third-order valence-electron chi connectivity index (χ3n) is 5.35. The molecule has 178 valence electrons. The largest absolute Gasteiger partial charge is 0.355 e. The second kappa shape index (κ2) is 13.4. The first kappa shape index (κ1) is 26.1. The van der Waals surface area contributed by atoms with E-state index >= 15 is 0 Å². The highest BCUT2D eigenvalue weighted by Gasteiger charge is 2.30. The van der Waals surface area contributed by atoms with Crippen molar-refractivity contribution in [1.29, 1.82) is 0 Å². The molecular weight excluding hydrogens is 487 g/mol. The lowest BCUT2D eigenvalue weighted by molar-refractivity contribution is -0.139. The summed E-state index contributed by atoms with van der Waals surface area (Å²) in [7, 11) is 0. The molecule has 0 aliphatic heterocycles. The first-order valence-electron chi connectivity index (χ1n) is 11.1. The molecule has 2 amide bonds. The number of halogens is 2. The number of hydrogen-bond donors (Lipinski definition) is 1. The summed E-state index contributed by atoms with van der Waals surface area (Å²) in [6, 6.07) is 24.3. The first-order chi connectivity index (χ1) is 16.5. The molecular formula is C27H28Cl2N2O2S. The molecule has 0 saturated carbocycles. The first-order valence-corrected chi connectivity index (χ1v) is 13.1. The summed E-state index contributed by atoms with van der Waals surface area (Å²) >= 11 is 14.0. The van der Waals surface area contributed by atoms with Crippen molar-refractivity contribution < 1.29 is 9.59 Å². The van der Waals surface area contributed by atoms with E-state index in [1.54, 1.807) is 23.1 Å². The van der Waals surface area contributed by atoms with Crippen molar-refractivity contribution >= 4 is 46.8 Å². The van der Waals surface area contributed by atoms with Crippen LogP contribution in [0.2, 0.25) is 10.0 Å². The number of carbonyl (C=O) groups is 2. The zero-order chi connectivity index (χ0) is 24.3. The molecule has 0 fully saturated rings. The van der Waals surface area contributed by atoms with Crippen molar-refractivity contribution in [2.45, 2.75) is 31.7 Å². The lowest BCUT2D eigenvalue weighted by Gasteiger charge is -2.31. The minimum atomic E-state index is -0.625.